The zero-order valence-corrected chi connectivity index (χ0v) is 19.3. The first kappa shape index (κ1) is 21.2. The monoisotopic (exact) mass is 431 g/mol. The number of hydrogen-bond donors (Lipinski definition) is 0. The highest BCUT2D eigenvalue weighted by molar-refractivity contribution is 5.94. The van der Waals surface area contributed by atoms with E-state index in [4.69, 9.17) is 0 Å². The highest BCUT2D eigenvalue weighted by atomic mass is 16.2. The van der Waals surface area contributed by atoms with E-state index in [1.807, 2.05) is 25.1 Å². The molecule has 168 valence electrons. The van der Waals surface area contributed by atoms with Gasteiger partial charge in [-0.25, -0.2) is 0 Å². The molecule has 2 aliphatic heterocycles. The van der Waals surface area contributed by atoms with Gasteiger partial charge in [0.1, 0.15) is 5.69 Å². The van der Waals surface area contributed by atoms with Crippen LogP contribution in [0.4, 0.5) is 0 Å². The van der Waals surface area contributed by atoms with Crippen molar-refractivity contribution in [2.75, 3.05) is 0 Å². The molecule has 1 saturated carbocycles. The maximum atomic E-state index is 14.1. The fourth-order valence-corrected chi connectivity index (χ4v) is 6.93. The molecule has 0 unspecified atom stereocenters. The van der Waals surface area contributed by atoms with Crippen LogP contribution in [-0.4, -0.2) is 50.8 Å². The second-order valence-electron chi connectivity index (χ2n) is 10.2. The summed E-state index contributed by atoms with van der Waals surface area (Å²) in [5.74, 6) is 0.168. The van der Waals surface area contributed by atoms with Gasteiger partial charge in [0, 0.05) is 30.6 Å². The number of piperidine rings is 1. The molecule has 5 nitrogen and oxygen atoms in total. The van der Waals surface area contributed by atoms with Crippen molar-refractivity contribution in [3.05, 3.63) is 65.5 Å². The van der Waals surface area contributed by atoms with E-state index in [0.717, 1.165) is 44.1 Å². The summed E-state index contributed by atoms with van der Waals surface area (Å²) in [5, 5.41) is 0. The van der Waals surface area contributed by atoms with Gasteiger partial charge in [0.2, 0.25) is 5.91 Å². The lowest BCUT2D eigenvalue weighted by molar-refractivity contribution is -0.133. The maximum absolute atomic E-state index is 14.1. The van der Waals surface area contributed by atoms with Crippen LogP contribution >= 0.6 is 0 Å². The first-order chi connectivity index (χ1) is 15.4. The van der Waals surface area contributed by atoms with E-state index in [1.165, 1.54) is 5.56 Å². The number of nitrogens with zero attached hydrogens (tertiary/aromatic N) is 3. The summed E-state index contributed by atoms with van der Waals surface area (Å²) in [4.78, 5) is 35.9. The molecule has 5 rings (SSSR count). The van der Waals surface area contributed by atoms with Gasteiger partial charge in [-0.3, -0.25) is 14.6 Å². The molecule has 32 heavy (non-hydrogen) atoms. The van der Waals surface area contributed by atoms with E-state index in [1.54, 1.807) is 13.1 Å². The van der Waals surface area contributed by atoms with E-state index in [0.29, 0.717) is 5.69 Å². The van der Waals surface area contributed by atoms with E-state index >= 15 is 0 Å². The second kappa shape index (κ2) is 8.02. The van der Waals surface area contributed by atoms with Gasteiger partial charge < -0.3 is 9.80 Å². The smallest absolute Gasteiger partial charge is 0.273 e. The van der Waals surface area contributed by atoms with Crippen LogP contribution in [0.15, 0.2) is 48.7 Å². The first-order valence-electron chi connectivity index (χ1n) is 12.0. The van der Waals surface area contributed by atoms with Crippen LogP contribution in [0, 0.1) is 12.3 Å². The number of aryl methyl sites for hydroxylation is 1. The van der Waals surface area contributed by atoms with Crippen molar-refractivity contribution in [1.82, 2.24) is 14.8 Å². The van der Waals surface area contributed by atoms with Crippen LogP contribution < -0.4 is 0 Å². The zero-order valence-electron chi connectivity index (χ0n) is 19.3. The van der Waals surface area contributed by atoms with Crippen LogP contribution in [0.1, 0.15) is 67.6 Å². The molecule has 3 fully saturated rings. The van der Waals surface area contributed by atoms with Crippen LogP contribution in [0.2, 0.25) is 0 Å². The summed E-state index contributed by atoms with van der Waals surface area (Å²) >= 11 is 0. The van der Waals surface area contributed by atoms with Crippen LogP contribution in [0.3, 0.4) is 0 Å². The SMILES string of the molecule is CC(=O)N1[C@H]2CCCC[C@H]3N(C(=O)c4ncccc4C)[C@H](Cc4ccccc4)[C@@H]1C[C@@]23C. The summed E-state index contributed by atoms with van der Waals surface area (Å²) in [7, 11) is 0. The molecule has 2 saturated heterocycles. The lowest BCUT2D eigenvalue weighted by Gasteiger charge is -2.50. The van der Waals surface area contributed by atoms with E-state index in [9.17, 15) is 9.59 Å². The third-order valence-electron chi connectivity index (χ3n) is 8.30. The van der Waals surface area contributed by atoms with Gasteiger partial charge >= 0.3 is 0 Å². The Hall–Kier alpha value is -2.69. The molecular weight excluding hydrogens is 398 g/mol. The van der Waals surface area contributed by atoms with Crippen molar-refractivity contribution in [3.8, 4) is 0 Å². The topological polar surface area (TPSA) is 53.5 Å². The molecule has 1 aromatic heterocycles. The summed E-state index contributed by atoms with van der Waals surface area (Å²) in [6.07, 6.45) is 7.68. The van der Waals surface area contributed by atoms with Crippen molar-refractivity contribution in [1.29, 1.82) is 0 Å². The number of likely N-dealkylation sites (tertiary alicyclic amines) is 2. The van der Waals surface area contributed by atoms with Gasteiger partial charge in [0.25, 0.3) is 5.91 Å². The van der Waals surface area contributed by atoms with Gasteiger partial charge in [0.05, 0.1) is 12.1 Å². The largest absolute Gasteiger partial charge is 0.334 e. The van der Waals surface area contributed by atoms with Crippen LogP contribution in [-0.2, 0) is 11.2 Å². The van der Waals surface area contributed by atoms with Gasteiger partial charge in [-0.05, 0) is 49.8 Å². The first-order valence-corrected chi connectivity index (χ1v) is 12.0. The molecule has 0 N–H and O–H groups in total. The molecule has 1 aliphatic carbocycles. The van der Waals surface area contributed by atoms with Gasteiger partial charge in [-0.1, -0.05) is 56.2 Å². The normalized spacial score (nSPS) is 31.3. The number of carbonyl (C=O) groups excluding carboxylic acids is 2. The van der Waals surface area contributed by atoms with Crippen molar-refractivity contribution in [2.45, 2.75) is 83.5 Å². The molecular formula is C27H33N3O2. The average Bonchev–Trinajstić information content (AvgIpc) is 2.93. The van der Waals surface area contributed by atoms with E-state index < -0.39 is 0 Å². The Kier molecular flexibility index (Phi) is 5.31. The average molecular weight is 432 g/mol. The highest BCUT2D eigenvalue weighted by Crippen LogP contribution is 2.55. The molecule has 0 spiro atoms. The molecule has 5 heteroatoms. The molecule has 2 amide bonds. The minimum absolute atomic E-state index is 0.0241. The van der Waals surface area contributed by atoms with Gasteiger partial charge in [-0.2, -0.15) is 0 Å². The zero-order chi connectivity index (χ0) is 22.5. The molecule has 1 aromatic carbocycles. The Balaban J connectivity index is 1.65. The maximum Gasteiger partial charge on any atom is 0.273 e. The highest BCUT2D eigenvalue weighted by Gasteiger charge is 2.63. The second-order valence-corrected chi connectivity index (χ2v) is 10.2. The van der Waals surface area contributed by atoms with Crippen LogP contribution in [0.5, 0.6) is 0 Å². The number of fused-ring (bicyclic) bond motifs is 1. The Labute approximate surface area is 190 Å². The Morgan fingerprint density at radius 1 is 1.03 bits per heavy atom. The van der Waals surface area contributed by atoms with Gasteiger partial charge in [0.15, 0.2) is 0 Å². The number of carbonyl (C=O) groups is 2. The molecule has 3 aliphatic rings. The van der Waals surface area contributed by atoms with E-state index in [2.05, 4.69) is 46.0 Å². The molecule has 5 atom stereocenters. The minimum Gasteiger partial charge on any atom is -0.334 e. The minimum atomic E-state index is -0.0711. The summed E-state index contributed by atoms with van der Waals surface area (Å²) < 4.78 is 0. The van der Waals surface area contributed by atoms with Gasteiger partial charge in [-0.15, -0.1) is 0 Å². The van der Waals surface area contributed by atoms with Crippen molar-refractivity contribution in [2.24, 2.45) is 5.41 Å². The summed E-state index contributed by atoms with van der Waals surface area (Å²) in [5.41, 5.74) is 2.59. The Morgan fingerprint density at radius 2 is 1.72 bits per heavy atom. The Morgan fingerprint density at radius 3 is 2.38 bits per heavy atom. The molecule has 2 bridgehead atoms. The quantitative estimate of drug-likeness (QED) is 0.724. The number of benzene rings is 1. The number of rotatable bonds is 3. The van der Waals surface area contributed by atoms with Crippen molar-refractivity contribution < 1.29 is 9.59 Å². The van der Waals surface area contributed by atoms with E-state index in [-0.39, 0.29) is 41.4 Å². The number of pyridine rings is 1. The fourth-order valence-electron chi connectivity index (χ4n) is 6.93. The van der Waals surface area contributed by atoms with Crippen LogP contribution in [0.25, 0.3) is 0 Å². The number of hydrogen-bond acceptors (Lipinski definition) is 3. The summed E-state index contributed by atoms with van der Waals surface area (Å²) in [6.45, 7) is 6.00. The lowest BCUT2D eigenvalue weighted by atomic mass is 9.69. The molecule has 2 aromatic rings. The summed E-state index contributed by atoms with van der Waals surface area (Å²) in [6, 6.07) is 14.6. The molecule has 0 radical (unpaired) electrons. The fraction of sp³-hybridized carbons (Fsp3) is 0.519. The Bertz CT molecular complexity index is 1020. The predicted molar refractivity (Wildman–Crippen MR) is 124 cm³/mol. The standard InChI is InChI=1S/C27H33N3O2/c1-18-10-9-15-28-25(18)26(32)30-21(16-20-11-5-4-6-12-20)22-17-27(3)23(29(22)19(2)31)13-7-8-14-24(27)30/h4-6,9-12,15,21-24H,7-8,13-14,16-17H2,1-3H3/t21-,22+,23+,24-,27+/m1/s1. The third-order valence-corrected chi connectivity index (χ3v) is 8.30. The lowest BCUT2D eigenvalue weighted by Crippen LogP contribution is -2.62. The van der Waals surface area contributed by atoms with Crippen molar-refractivity contribution >= 4 is 11.8 Å². The van der Waals surface area contributed by atoms with Crippen molar-refractivity contribution in [3.63, 3.8) is 0 Å². The number of amides is 2. The predicted octanol–water partition coefficient (Wildman–Crippen LogP) is 4.40. The third kappa shape index (κ3) is 3.25. The molecule has 3 heterocycles. The number of aromatic nitrogens is 1.